The van der Waals surface area contributed by atoms with Gasteiger partial charge in [-0.05, 0) is 6.07 Å². The number of carboxylic acids is 1. The second-order valence-corrected chi connectivity index (χ2v) is 3.68. The lowest BCUT2D eigenvalue weighted by Crippen LogP contribution is -2.22. The maximum absolute atomic E-state index is 11.1. The van der Waals surface area contributed by atoms with Crippen LogP contribution in [-0.4, -0.2) is 24.2 Å². The second kappa shape index (κ2) is 4.99. The lowest BCUT2D eigenvalue weighted by atomic mass is 10.1. The van der Waals surface area contributed by atoms with Crippen molar-refractivity contribution < 1.29 is 14.3 Å². The first-order valence-electron chi connectivity index (χ1n) is 5.38. The molecule has 5 heteroatoms. The van der Waals surface area contributed by atoms with E-state index in [1.165, 1.54) is 0 Å². The normalized spacial score (nSPS) is 10.9. The van der Waals surface area contributed by atoms with Gasteiger partial charge in [-0.15, -0.1) is 0 Å². The van der Waals surface area contributed by atoms with Crippen molar-refractivity contribution in [1.29, 1.82) is 0 Å². The highest BCUT2D eigenvalue weighted by atomic mass is 16.4. The van der Waals surface area contributed by atoms with Crippen molar-refractivity contribution in [1.82, 2.24) is 5.32 Å². The van der Waals surface area contributed by atoms with Gasteiger partial charge in [0.1, 0.15) is 5.58 Å². The molecule has 0 fully saturated rings. The Morgan fingerprint density at radius 1 is 1.41 bits per heavy atom. The topological polar surface area (TPSA) is 88.5 Å². The number of aromatic carboxylic acids is 1. The third-order valence-electron chi connectivity index (χ3n) is 2.52. The average molecular weight is 234 g/mol. The predicted molar refractivity (Wildman–Crippen MR) is 63.9 cm³/mol. The number of nitrogens with one attached hydrogen (secondary N) is 1. The van der Waals surface area contributed by atoms with Crippen molar-refractivity contribution >= 4 is 16.9 Å². The van der Waals surface area contributed by atoms with Gasteiger partial charge in [0.05, 0.1) is 0 Å². The molecule has 0 amide bonds. The number of carboxylic acid groups (broad SMARTS) is 1. The van der Waals surface area contributed by atoms with Crippen LogP contribution in [0.2, 0.25) is 0 Å². The molecule has 0 radical (unpaired) electrons. The summed E-state index contributed by atoms with van der Waals surface area (Å²) >= 11 is 0. The standard InChI is InChI=1S/C12H14N2O3/c13-5-6-14-7-9-8-3-1-2-4-10(8)17-11(9)12(15)16/h1-4,14H,5-7,13H2,(H,15,16). The third-order valence-corrected chi connectivity index (χ3v) is 2.52. The molecule has 0 atom stereocenters. The predicted octanol–water partition coefficient (Wildman–Crippen LogP) is 1.18. The summed E-state index contributed by atoms with van der Waals surface area (Å²) in [6.07, 6.45) is 0. The number of benzene rings is 1. The van der Waals surface area contributed by atoms with E-state index in [1.54, 1.807) is 6.07 Å². The summed E-state index contributed by atoms with van der Waals surface area (Å²) < 4.78 is 5.32. The molecule has 17 heavy (non-hydrogen) atoms. The van der Waals surface area contributed by atoms with Crippen LogP contribution in [0.15, 0.2) is 28.7 Å². The smallest absolute Gasteiger partial charge is 0.372 e. The second-order valence-electron chi connectivity index (χ2n) is 3.68. The number of para-hydroxylation sites is 1. The summed E-state index contributed by atoms with van der Waals surface area (Å²) in [5, 5.41) is 13.0. The van der Waals surface area contributed by atoms with Crippen LogP contribution in [0.4, 0.5) is 0 Å². The molecule has 0 unspecified atom stereocenters. The minimum Gasteiger partial charge on any atom is -0.475 e. The van der Waals surface area contributed by atoms with Gasteiger partial charge in [0, 0.05) is 30.6 Å². The molecule has 0 aliphatic heterocycles. The molecule has 0 bridgehead atoms. The molecule has 0 saturated heterocycles. The quantitative estimate of drug-likeness (QED) is 0.676. The number of hydrogen-bond acceptors (Lipinski definition) is 4. The molecule has 2 aromatic rings. The molecular weight excluding hydrogens is 220 g/mol. The Balaban J connectivity index is 2.41. The van der Waals surface area contributed by atoms with E-state index in [0.29, 0.717) is 30.8 Å². The molecule has 0 spiro atoms. The maximum Gasteiger partial charge on any atom is 0.372 e. The Morgan fingerprint density at radius 2 is 2.18 bits per heavy atom. The number of nitrogens with two attached hydrogens (primary N) is 1. The highest BCUT2D eigenvalue weighted by Crippen LogP contribution is 2.25. The van der Waals surface area contributed by atoms with Gasteiger partial charge in [-0.1, -0.05) is 18.2 Å². The zero-order valence-electron chi connectivity index (χ0n) is 9.27. The van der Waals surface area contributed by atoms with E-state index < -0.39 is 5.97 Å². The van der Waals surface area contributed by atoms with Gasteiger partial charge in [0.25, 0.3) is 0 Å². The zero-order chi connectivity index (χ0) is 12.3. The molecule has 4 N–H and O–H groups in total. The van der Waals surface area contributed by atoms with E-state index in [9.17, 15) is 4.79 Å². The lowest BCUT2D eigenvalue weighted by Gasteiger charge is -2.02. The number of hydrogen-bond donors (Lipinski definition) is 3. The monoisotopic (exact) mass is 234 g/mol. The summed E-state index contributed by atoms with van der Waals surface area (Å²) in [6, 6.07) is 7.28. The van der Waals surface area contributed by atoms with Crippen LogP contribution in [0, 0.1) is 0 Å². The van der Waals surface area contributed by atoms with E-state index in [1.807, 2.05) is 18.2 Å². The Morgan fingerprint density at radius 3 is 2.88 bits per heavy atom. The van der Waals surface area contributed by atoms with Crippen molar-refractivity contribution in [2.24, 2.45) is 5.73 Å². The molecule has 2 rings (SSSR count). The molecule has 0 saturated carbocycles. The van der Waals surface area contributed by atoms with Crippen molar-refractivity contribution in [3.63, 3.8) is 0 Å². The first-order chi connectivity index (χ1) is 8.24. The van der Waals surface area contributed by atoms with Crippen LogP contribution >= 0.6 is 0 Å². The third kappa shape index (κ3) is 2.30. The van der Waals surface area contributed by atoms with Crippen LogP contribution < -0.4 is 11.1 Å². The Bertz CT molecular complexity index is 534. The summed E-state index contributed by atoms with van der Waals surface area (Å²) in [5.74, 6) is -1.05. The lowest BCUT2D eigenvalue weighted by molar-refractivity contribution is 0.0663. The van der Waals surface area contributed by atoms with Gasteiger partial charge in [-0.2, -0.15) is 0 Å². The van der Waals surface area contributed by atoms with E-state index in [-0.39, 0.29) is 5.76 Å². The van der Waals surface area contributed by atoms with Gasteiger partial charge < -0.3 is 20.6 Å². The number of furan rings is 1. The van der Waals surface area contributed by atoms with Crippen LogP contribution in [0.25, 0.3) is 11.0 Å². The molecule has 5 nitrogen and oxygen atoms in total. The highest BCUT2D eigenvalue weighted by Gasteiger charge is 2.18. The van der Waals surface area contributed by atoms with Crippen molar-refractivity contribution in [2.75, 3.05) is 13.1 Å². The summed E-state index contributed by atoms with van der Waals surface area (Å²) in [5.41, 5.74) is 6.64. The molecule has 0 aliphatic rings. The Kier molecular flexibility index (Phi) is 3.41. The van der Waals surface area contributed by atoms with Gasteiger partial charge in [0.15, 0.2) is 0 Å². The summed E-state index contributed by atoms with van der Waals surface area (Å²) in [4.78, 5) is 11.1. The van der Waals surface area contributed by atoms with Crippen molar-refractivity contribution in [3.05, 3.63) is 35.6 Å². The first-order valence-corrected chi connectivity index (χ1v) is 5.38. The average Bonchev–Trinajstić information content (AvgIpc) is 2.69. The fraction of sp³-hybridized carbons (Fsp3) is 0.250. The Labute approximate surface area is 98.2 Å². The molecule has 1 heterocycles. The number of fused-ring (bicyclic) bond motifs is 1. The fourth-order valence-electron chi connectivity index (χ4n) is 1.76. The SMILES string of the molecule is NCCNCc1c(C(=O)O)oc2ccccc12. The number of carbonyl (C=O) groups is 1. The van der Waals surface area contributed by atoms with Gasteiger partial charge in [0.2, 0.25) is 5.76 Å². The summed E-state index contributed by atoms with van der Waals surface area (Å²) in [7, 11) is 0. The van der Waals surface area contributed by atoms with E-state index in [2.05, 4.69) is 5.32 Å². The Hall–Kier alpha value is -1.85. The molecule has 1 aromatic heterocycles. The van der Waals surface area contributed by atoms with Crippen LogP contribution in [0.1, 0.15) is 16.1 Å². The van der Waals surface area contributed by atoms with Gasteiger partial charge in [-0.3, -0.25) is 0 Å². The number of rotatable bonds is 5. The molecule has 1 aromatic carbocycles. The minimum absolute atomic E-state index is 0.00396. The summed E-state index contributed by atoms with van der Waals surface area (Å²) in [6.45, 7) is 1.59. The van der Waals surface area contributed by atoms with Crippen LogP contribution in [0.5, 0.6) is 0 Å². The molecule has 90 valence electrons. The van der Waals surface area contributed by atoms with Crippen LogP contribution in [-0.2, 0) is 6.54 Å². The van der Waals surface area contributed by atoms with E-state index in [0.717, 1.165) is 5.39 Å². The minimum atomic E-state index is -1.05. The fourth-order valence-corrected chi connectivity index (χ4v) is 1.76. The van der Waals surface area contributed by atoms with Gasteiger partial charge >= 0.3 is 5.97 Å². The maximum atomic E-state index is 11.1. The molecule has 0 aliphatic carbocycles. The van der Waals surface area contributed by atoms with E-state index >= 15 is 0 Å². The highest BCUT2D eigenvalue weighted by molar-refractivity contribution is 5.95. The largest absolute Gasteiger partial charge is 0.475 e. The van der Waals surface area contributed by atoms with Crippen LogP contribution in [0.3, 0.4) is 0 Å². The van der Waals surface area contributed by atoms with E-state index in [4.69, 9.17) is 15.3 Å². The first kappa shape index (κ1) is 11.6. The zero-order valence-corrected chi connectivity index (χ0v) is 9.27. The van der Waals surface area contributed by atoms with Gasteiger partial charge in [-0.25, -0.2) is 4.79 Å². The van der Waals surface area contributed by atoms with Crippen molar-refractivity contribution in [2.45, 2.75) is 6.54 Å². The van der Waals surface area contributed by atoms with Crippen molar-refractivity contribution in [3.8, 4) is 0 Å². The molecular formula is C12H14N2O3.